The summed E-state index contributed by atoms with van der Waals surface area (Å²) in [6.07, 6.45) is 4.43. The van der Waals surface area contributed by atoms with E-state index in [0.717, 1.165) is 13.3 Å². The zero-order chi connectivity index (χ0) is 29.2. The molecular weight excluding hydrogens is 500 g/mol. The van der Waals surface area contributed by atoms with Gasteiger partial charge in [0.05, 0.1) is 18.0 Å². The second-order valence-corrected chi connectivity index (χ2v) is 12.3. The molecule has 0 saturated carbocycles. The SMILES string of the molecule is Cc1cc(N2C=CN(c3c(C)cc(C)cc3C)C2)cc(N2CN(c3c(C)cc(C)cc3C)c3cc(C)c(C)cc32)c1. The van der Waals surface area contributed by atoms with E-state index in [4.69, 9.17) is 0 Å². The molecule has 0 radical (unpaired) electrons. The standard InChI is InChI=1S/C37H42N4/c1-23-12-28(6)36(29(7)13-23)39-11-10-38(21-39)32-16-25(3)17-33(20-32)40-22-41(35-19-27(5)26(4)18-34(35)40)37-30(8)14-24(2)15-31(37)9/h10-20H,21-22H2,1-9H3. The van der Waals surface area contributed by atoms with Crippen molar-refractivity contribution in [2.24, 2.45) is 0 Å². The van der Waals surface area contributed by atoms with Crippen molar-refractivity contribution >= 4 is 34.1 Å². The second-order valence-electron chi connectivity index (χ2n) is 12.3. The first-order valence-corrected chi connectivity index (χ1v) is 14.7. The van der Waals surface area contributed by atoms with Crippen LogP contribution in [-0.2, 0) is 0 Å². The summed E-state index contributed by atoms with van der Waals surface area (Å²) in [5, 5.41) is 0. The highest BCUT2D eigenvalue weighted by molar-refractivity contribution is 5.90. The molecule has 2 aliphatic rings. The van der Waals surface area contributed by atoms with E-state index in [9.17, 15) is 0 Å². The lowest BCUT2D eigenvalue weighted by Gasteiger charge is -2.27. The Bertz CT molecular complexity index is 1670. The van der Waals surface area contributed by atoms with Gasteiger partial charge in [-0.15, -0.1) is 0 Å². The van der Waals surface area contributed by atoms with E-state index in [1.807, 2.05) is 0 Å². The maximum Gasteiger partial charge on any atom is 0.100 e. The van der Waals surface area contributed by atoms with Gasteiger partial charge in [0, 0.05) is 35.1 Å². The molecule has 41 heavy (non-hydrogen) atoms. The summed E-state index contributed by atoms with van der Waals surface area (Å²) in [5.41, 5.74) is 19.4. The molecule has 2 aliphatic heterocycles. The predicted octanol–water partition coefficient (Wildman–Crippen LogP) is 9.46. The van der Waals surface area contributed by atoms with E-state index in [-0.39, 0.29) is 0 Å². The quantitative estimate of drug-likeness (QED) is 0.255. The van der Waals surface area contributed by atoms with Crippen LogP contribution in [0.3, 0.4) is 0 Å². The lowest BCUT2D eigenvalue weighted by molar-refractivity contribution is 0.956. The van der Waals surface area contributed by atoms with Crippen LogP contribution >= 0.6 is 0 Å². The average Bonchev–Trinajstić information content (AvgIpc) is 3.49. The van der Waals surface area contributed by atoms with Crippen molar-refractivity contribution in [3.63, 3.8) is 0 Å². The number of aryl methyl sites for hydroxylation is 9. The maximum atomic E-state index is 2.51. The highest BCUT2D eigenvalue weighted by Gasteiger charge is 2.31. The van der Waals surface area contributed by atoms with Crippen molar-refractivity contribution in [3.8, 4) is 0 Å². The Balaban J connectivity index is 1.37. The smallest absolute Gasteiger partial charge is 0.100 e. The molecule has 4 nitrogen and oxygen atoms in total. The van der Waals surface area contributed by atoms with E-state index >= 15 is 0 Å². The second kappa shape index (κ2) is 10.0. The van der Waals surface area contributed by atoms with Gasteiger partial charge in [0.2, 0.25) is 0 Å². The average molecular weight is 543 g/mol. The highest BCUT2D eigenvalue weighted by atomic mass is 15.4. The van der Waals surface area contributed by atoms with E-state index in [1.54, 1.807) is 0 Å². The van der Waals surface area contributed by atoms with Crippen LogP contribution in [0.4, 0.5) is 34.1 Å². The summed E-state index contributed by atoms with van der Waals surface area (Å²) in [6, 6.07) is 20.9. The molecule has 0 fully saturated rings. The predicted molar refractivity (Wildman–Crippen MR) is 177 cm³/mol. The summed E-state index contributed by atoms with van der Waals surface area (Å²) in [4.78, 5) is 9.73. The third-order valence-corrected chi connectivity index (χ3v) is 8.70. The van der Waals surface area contributed by atoms with Gasteiger partial charge in [-0.2, -0.15) is 0 Å². The first-order valence-electron chi connectivity index (χ1n) is 14.7. The molecule has 4 aromatic rings. The van der Waals surface area contributed by atoms with Gasteiger partial charge in [-0.05, 0) is 132 Å². The molecule has 0 unspecified atom stereocenters. The Labute approximate surface area is 246 Å². The molecule has 0 aromatic heterocycles. The molecule has 4 aromatic carbocycles. The van der Waals surface area contributed by atoms with Crippen molar-refractivity contribution in [1.82, 2.24) is 0 Å². The summed E-state index contributed by atoms with van der Waals surface area (Å²) in [7, 11) is 0. The van der Waals surface area contributed by atoms with Gasteiger partial charge in [-0.25, -0.2) is 0 Å². The summed E-state index contributed by atoms with van der Waals surface area (Å²) >= 11 is 0. The van der Waals surface area contributed by atoms with Crippen molar-refractivity contribution in [2.45, 2.75) is 62.3 Å². The third-order valence-electron chi connectivity index (χ3n) is 8.70. The lowest BCUT2D eigenvalue weighted by atomic mass is 10.0. The Morgan fingerprint density at radius 2 is 0.854 bits per heavy atom. The molecular formula is C37H42N4. The van der Waals surface area contributed by atoms with E-state index < -0.39 is 0 Å². The van der Waals surface area contributed by atoms with Crippen molar-refractivity contribution in [2.75, 3.05) is 32.9 Å². The number of hydrogen-bond donors (Lipinski definition) is 0. The van der Waals surface area contributed by atoms with Crippen LogP contribution in [0.5, 0.6) is 0 Å². The van der Waals surface area contributed by atoms with Crippen LogP contribution in [0.2, 0.25) is 0 Å². The highest BCUT2D eigenvalue weighted by Crippen LogP contribution is 2.48. The van der Waals surface area contributed by atoms with Crippen molar-refractivity contribution < 1.29 is 0 Å². The van der Waals surface area contributed by atoms with Crippen LogP contribution < -0.4 is 19.6 Å². The molecule has 0 amide bonds. The van der Waals surface area contributed by atoms with Gasteiger partial charge in [-0.1, -0.05) is 35.4 Å². The van der Waals surface area contributed by atoms with Crippen LogP contribution in [0.25, 0.3) is 0 Å². The number of hydrogen-bond acceptors (Lipinski definition) is 4. The zero-order valence-corrected chi connectivity index (χ0v) is 26.1. The summed E-state index contributed by atoms with van der Waals surface area (Å²) in [6.45, 7) is 21.5. The maximum absolute atomic E-state index is 2.51. The van der Waals surface area contributed by atoms with E-state index in [2.05, 4.69) is 149 Å². The minimum absolute atomic E-state index is 0.787. The zero-order valence-electron chi connectivity index (χ0n) is 26.1. The largest absolute Gasteiger partial charge is 0.328 e. The van der Waals surface area contributed by atoms with E-state index in [1.165, 1.54) is 84.2 Å². The minimum atomic E-state index is 0.787. The molecule has 0 N–H and O–H groups in total. The molecule has 4 heteroatoms. The molecule has 0 aliphatic carbocycles. The Kier molecular flexibility index (Phi) is 6.60. The van der Waals surface area contributed by atoms with Crippen LogP contribution in [0.1, 0.15) is 50.1 Å². The summed E-state index contributed by atoms with van der Waals surface area (Å²) < 4.78 is 0. The van der Waals surface area contributed by atoms with Crippen molar-refractivity contribution in [3.05, 3.63) is 117 Å². The molecule has 210 valence electrons. The van der Waals surface area contributed by atoms with Gasteiger partial charge in [0.1, 0.15) is 6.67 Å². The first kappa shape index (κ1) is 27.0. The molecule has 0 atom stereocenters. The van der Waals surface area contributed by atoms with Crippen molar-refractivity contribution in [1.29, 1.82) is 0 Å². The van der Waals surface area contributed by atoms with Gasteiger partial charge >= 0.3 is 0 Å². The fourth-order valence-electron chi connectivity index (χ4n) is 6.94. The molecule has 0 spiro atoms. The number of benzene rings is 4. The van der Waals surface area contributed by atoms with Gasteiger partial charge < -0.3 is 19.6 Å². The Morgan fingerprint density at radius 1 is 0.390 bits per heavy atom. The monoisotopic (exact) mass is 542 g/mol. The topological polar surface area (TPSA) is 13.0 Å². The number of anilines is 6. The number of fused-ring (bicyclic) bond motifs is 1. The Morgan fingerprint density at radius 3 is 1.44 bits per heavy atom. The van der Waals surface area contributed by atoms with E-state index in [0.29, 0.717) is 0 Å². The molecule has 6 rings (SSSR count). The first-order chi connectivity index (χ1) is 19.5. The van der Waals surface area contributed by atoms with Crippen LogP contribution in [0.15, 0.2) is 67.0 Å². The fraction of sp³-hybridized carbons (Fsp3) is 0.297. The molecule has 0 bridgehead atoms. The molecule has 2 heterocycles. The number of rotatable bonds is 4. The normalized spacial score (nSPS) is 14.5. The molecule has 0 saturated heterocycles. The number of nitrogens with zero attached hydrogens (tertiary/aromatic N) is 4. The Hall–Kier alpha value is -4.18. The summed E-state index contributed by atoms with van der Waals surface area (Å²) in [5.74, 6) is 0. The third kappa shape index (κ3) is 4.76. The fourth-order valence-corrected chi connectivity index (χ4v) is 6.94. The van der Waals surface area contributed by atoms with Gasteiger partial charge in [0.15, 0.2) is 0 Å². The lowest BCUT2D eigenvalue weighted by Crippen LogP contribution is -2.27. The van der Waals surface area contributed by atoms with Crippen LogP contribution in [-0.4, -0.2) is 13.3 Å². The van der Waals surface area contributed by atoms with Gasteiger partial charge in [-0.3, -0.25) is 0 Å². The minimum Gasteiger partial charge on any atom is -0.328 e. The van der Waals surface area contributed by atoms with Gasteiger partial charge in [0.25, 0.3) is 0 Å². The van der Waals surface area contributed by atoms with Crippen LogP contribution in [0, 0.1) is 62.3 Å².